The number of benzene rings is 2. The molecule has 17 heavy (non-hydrogen) atoms. The molecule has 0 aliphatic heterocycles. The van der Waals surface area contributed by atoms with Gasteiger partial charge in [0.05, 0.1) is 11.4 Å². The van der Waals surface area contributed by atoms with Crippen LogP contribution in [0.15, 0.2) is 36.4 Å². The highest BCUT2D eigenvalue weighted by Crippen LogP contribution is 2.26. The normalized spacial score (nSPS) is 10.3. The van der Waals surface area contributed by atoms with Gasteiger partial charge >= 0.3 is 0 Å². The largest absolute Gasteiger partial charge is 0.397 e. The Hall–Kier alpha value is -1.74. The van der Waals surface area contributed by atoms with Gasteiger partial charge < -0.3 is 11.1 Å². The van der Waals surface area contributed by atoms with Crippen molar-refractivity contribution in [3.05, 3.63) is 52.8 Å². The summed E-state index contributed by atoms with van der Waals surface area (Å²) in [5.41, 5.74) is 8.55. The molecule has 0 heterocycles. The van der Waals surface area contributed by atoms with E-state index in [1.165, 1.54) is 12.1 Å². The third-order valence-electron chi connectivity index (χ3n) is 2.33. The van der Waals surface area contributed by atoms with Gasteiger partial charge in [0.1, 0.15) is 5.82 Å². The van der Waals surface area contributed by atoms with Crippen LogP contribution in [0.1, 0.15) is 5.56 Å². The minimum Gasteiger partial charge on any atom is -0.397 e. The van der Waals surface area contributed by atoms with Gasteiger partial charge in [-0.25, -0.2) is 4.39 Å². The third kappa shape index (κ3) is 2.88. The van der Waals surface area contributed by atoms with Crippen LogP contribution in [0.4, 0.5) is 21.5 Å². The first-order valence-corrected chi connectivity index (χ1v) is 5.51. The number of rotatable bonds is 2. The molecule has 2 aromatic carbocycles. The maximum Gasteiger partial charge on any atom is 0.125 e. The SMILES string of the molecule is Cc1cc(F)cc(Nc2ccc(Cl)cc2N)c1. The van der Waals surface area contributed by atoms with Gasteiger partial charge in [-0.1, -0.05) is 11.6 Å². The molecule has 0 aliphatic rings. The van der Waals surface area contributed by atoms with E-state index in [0.29, 0.717) is 22.1 Å². The fourth-order valence-corrected chi connectivity index (χ4v) is 1.79. The van der Waals surface area contributed by atoms with Gasteiger partial charge in [0, 0.05) is 10.7 Å². The van der Waals surface area contributed by atoms with Crippen molar-refractivity contribution in [1.29, 1.82) is 0 Å². The average Bonchev–Trinajstić information content (AvgIpc) is 2.21. The first kappa shape index (κ1) is 11.7. The summed E-state index contributed by atoms with van der Waals surface area (Å²) in [5.74, 6) is -0.278. The fraction of sp³-hybridized carbons (Fsp3) is 0.0769. The molecule has 2 nitrogen and oxygen atoms in total. The molecule has 0 aliphatic carbocycles. The van der Waals surface area contributed by atoms with Gasteiger partial charge in [0.25, 0.3) is 0 Å². The van der Waals surface area contributed by atoms with Crippen LogP contribution in [-0.2, 0) is 0 Å². The van der Waals surface area contributed by atoms with E-state index in [4.69, 9.17) is 17.3 Å². The van der Waals surface area contributed by atoms with E-state index in [1.54, 1.807) is 18.2 Å². The zero-order valence-electron chi connectivity index (χ0n) is 9.30. The molecule has 0 aromatic heterocycles. The monoisotopic (exact) mass is 250 g/mol. The zero-order chi connectivity index (χ0) is 12.4. The average molecular weight is 251 g/mol. The summed E-state index contributed by atoms with van der Waals surface area (Å²) < 4.78 is 13.2. The molecule has 3 N–H and O–H groups in total. The van der Waals surface area contributed by atoms with Crippen LogP contribution in [0.3, 0.4) is 0 Å². The molecule has 0 radical (unpaired) electrons. The quantitative estimate of drug-likeness (QED) is 0.787. The number of nitrogens with one attached hydrogen (secondary N) is 1. The maximum atomic E-state index is 13.2. The predicted molar refractivity (Wildman–Crippen MR) is 70.3 cm³/mol. The molecule has 0 spiro atoms. The Bertz CT molecular complexity index is 535. The summed E-state index contributed by atoms with van der Waals surface area (Å²) in [6.07, 6.45) is 0. The highest BCUT2D eigenvalue weighted by atomic mass is 35.5. The Morgan fingerprint density at radius 3 is 2.59 bits per heavy atom. The van der Waals surface area contributed by atoms with Crippen molar-refractivity contribution >= 4 is 28.7 Å². The summed E-state index contributed by atoms with van der Waals surface area (Å²) in [4.78, 5) is 0. The Labute approximate surface area is 104 Å². The molecule has 0 fully saturated rings. The molecule has 0 saturated carbocycles. The highest BCUT2D eigenvalue weighted by molar-refractivity contribution is 6.31. The first-order valence-electron chi connectivity index (χ1n) is 5.14. The first-order chi connectivity index (χ1) is 8.04. The summed E-state index contributed by atoms with van der Waals surface area (Å²) in [5, 5.41) is 3.63. The van der Waals surface area contributed by atoms with Crippen LogP contribution in [0.2, 0.25) is 5.02 Å². The second-order valence-electron chi connectivity index (χ2n) is 3.87. The summed E-state index contributed by atoms with van der Waals surface area (Å²) in [7, 11) is 0. The number of anilines is 3. The molecule has 2 rings (SSSR count). The van der Waals surface area contributed by atoms with Gasteiger partial charge in [-0.2, -0.15) is 0 Å². The van der Waals surface area contributed by atoms with Crippen molar-refractivity contribution in [2.24, 2.45) is 0 Å². The lowest BCUT2D eigenvalue weighted by Crippen LogP contribution is -1.97. The van der Waals surface area contributed by atoms with E-state index >= 15 is 0 Å². The second kappa shape index (κ2) is 4.63. The lowest BCUT2D eigenvalue weighted by molar-refractivity contribution is 0.627. The van der Waals surface area contributed by atoms with Crippen LogP contribution in [0, 0.1) is 12.7 Å². The third-order valence-corrected chi connectivity index (χ3v) is 2.57. The van der Waals surface area contributed by atoms with E-state index in [-0.39, 0.29) is 5.82 Å². The second-order valence-corrected chi connectivity index (χ2v) is 4.31. The van der Waals surface area contributed by atoms with Crippen LogP contribution in [-0.4, -0.2) is 0 Å². The minimum atomic E-state index is -0.278. The Morgan fingerprint density at radius 2 is 1.94 bits per heavy atom. The van der Waals surface area contributed by atoms with Crippen molar-refractivity contribution in [3.8, 4) is 0 Å². The molecule has 0 bridgehead atoms. The van der Waals surface area contributed by atoms with Crippen molar-refractivity contribution in [1.82, 2.24) is 0 Å². The molecule has 0 unspecified atom stereocenters. The Balaban J connectivity index is 2.31. The van der Waals surface area contributed by atoms with Crippen molar-refractivity contribution < 1.29 is 4.39 Å². The number of aryl methyl sites for hydroxylation is 1. The smallest absolute Gasteiger partial charge is 0.125 e. The van der Waals surface area contributed by atoms with Crippen LogP contribution in [0.25, 0.3) is 0 Å². The highest BCUT2D eigenvalue weighted by Gasteiger charge is 2.02. The topological polar surface area (TPSA) is 38.0 Å². The summed E-state index contributed by atoms with van der Waals surface area (Å²) in [6.45, 7) is 1.83. The Morgan fingerprint density at radius 1 is 1.18 bits per heavy atom. The number of nitrogen functional groups attached to an aromatic ring is 1. The summed E-state index contributed by atoms with van der Waals surface area (Å²) in [6, 6.07) is 9.87. The van der Waals surface area contributed by atoms with Crippen molar-refractivity contribution in [3.63, 3.8) is 0 Å². The van der Waals surface area contributed by atoms with Gasteiger partial charge in [0.2, 0.25) is 0 Å². The zero-order valence-corrected chi connectivity index (χ0v) is 10.1. The Kier molecular flexibility index (Phi) is 3.20. The van der Waals surface area contributed by atoms with Gasteiger partial charge in [-0.3, -0.25) is 0 Å². The molecule has 88 valence electrons. The molecule has 4 heteroatoms. The number of halogens is 2. The number of nitrogens with two attached hydrogens (primary N) is 1. The number of hydrogen-bond acceptors (Lipinski definition) is 2. The number of hydrogen-bond donors (Lipinski definition) is 2. The standard InChI is InChI=1S/C13H12ClFN2/c1-8-4-10(15)7-11(5-8)17-13-3-2-9(14)6-12(13)16/h2-7,17H,16H2,1H3. The van der Waals surface area contributed by atoms with Crippen LogP contribution >= 0.6 is 11.6 Å². The lowest BCUT2D eigenvalue weighted by Gasteiger charge is -2.10. The molecule has 0 atom stereocenters. The van der Waals surface area contributed by atoms with E-state index in [9.17, 15) is 4.39 Å². The van der Waals surface area contributed by atoms with Crippen LogP contribution < -0.4 is 11.1 Å². The lowest BCUT2D eigenvalue weighted by atomic mass is 10.2. The van der Waals surface area contributed by atoms with E-state index in [0.717, 1.165) is 5.56 Å². The molecule has 0 saturated heterocycles. The van der Waals surface area contributed by atoms with E-state index < -0.39 is 0 Å². The van der Waals surface area contributed by atoms with Crippen LogP contribution in [0.5, 0.6) is 0 Å². The van der Waals surface area contributed by atoms with E-state index in [2.05, 4.69) is 5.32 Å². The molecular formula is C13H12ClFN2. The van der Waals surface area contributed by atoms with Gasteiger partial charge in [-0.15, -0.1) is 0 Å². The van der Waals surface area contributed by atoms with Crippen molar-refractivity contribution in [2.75, 3.05) is 11.1 Å². The fourth-order valence-electron chi connectivity index (χ4n) is 1.61. The van der Waals surface area contributed by atoms with E-state index in [1.807, 2.05) is 13.0 Å². The molecule has 2 aromatic rings. The minimum absolute atomic E-state index is 0.278. The molecule has 0 amide bonds. The molecular weight excluding hydrogens is 239 g/mol. The summed E-state index contributed by atoms with van der Waals surface area (Å²) >= 11 is 5.80. The van der Waals surface area contributed by atoms with Crippen molar-refractivity contribution in [2.45, 2.75) is 6.92 Å². The van der Waals surface area contributed by atoms with Gasteiger partial charge in [0.15, 0.2) is 0 Å². The predicted octanol–water partition coefficient (Wildman–Crippen LogP) is 4.11. The maximum absolute atomic E-state index is 13.2. The van der Waals surface area contributed by atoms with Gasteiger partial charge in [-0.05, 0) is 48.9 Å².